The summed E-state index contributed by atoms with van der Waals surface area (Å²) in [6.45, 7) is 3.69. The molecule has 3 aromatic rings. The molecule has 0 bridgehead atoms. The van der Waals surface area contributed by atoms with E-state index in [0.717, 1.165) is 16.9 Å². The van der Waals surface area contributed by atoms with E-state index in [9.17, 15) is 9.59 Å². The Labute approximate surface area is 162 Å². The van der Waals surface area contributed by atoms with Crippen LogP contribution in [0, 0.1) is 13.8 Å². The second kappa shape index (κ2) is 7.72. The number of aryl methyl sites for hydroxylation is 2. The van der Waals surface area contributed by atoms with Crippen molar-refractivity contribution in [2.24, 2.45) is 0 Å². The van der Waals surface area contributed by atoms with Crippen molar-refractivity contribution < 1.29 is 9.59 Å². The first-order valence-electron chi connectivity index (χ1n) is 8.39. The zero-order chi connectivity index (χ0) is 19.6. The van der Waals surface area contributed by atoms with Gasteiger partial charge >= 0.3 is 0 Å². The number of rotatable bonds is 4. The molecular formula is C20H19ClN4O2. The smallest absolute Gasteiger partial charge is 0.254 e. The van der Waals surface area contributed by atoms with E-state index in [-0.39, 0.29) is 18.4 Å². The number of likely N-dealkylation sites (N-methyl/N-ethyl adjacent to an activating group) is 1. The number of carbonyl (C=O) groups excluding carboxylic acids is 2. The lowest BCUT2D eigenvalue weighted by molar-refractivity contribution is -0.116. The van der Waals surface area contributed by atoms with Crippen molar-refractivity contribution >= 4 is 40.1 Å². The van der Waals surface area contributed by atoms with Crippen LogP contribution in [0.3, 0.4) is 0 Å². The summed E-state index contributed by atoms with van der Waals surface area (Å²) in [6.07, 6.45) is 0. The van der Waals surface area contributed by atoms with Gasteiger partial charge in [-0.1, -0.05) is 17.7 Å². The van der Waals surface area contributed by atoms with Crippen LogP contribution < -0.4 is 5.32 Å². The van der Waals surface area contributed by atoms with Crippen LogP contribution in [0.1, 0.15) is 21.7 Å². The predicted octanol–water partition coefficient (Wildman–Crippen LogP) is 3.61. The SMILES string of the molecule is Cc1nc2ccc(C(=O)N(C)CC(=O)Nc3cccc(Cl)c3)cc2nc1C. The number of anilines is 1. The molecule has 0 atom stereocenters. The largest absolute Gasteiger partial charge is 0.332 e. The van der Waals surface area contributed by atoms with Gasteiger partial charge < -0.3 is 10.2 Å². The number of aromatic nitrogens is 2. The molecule has 0 saturated heterocycles. The Hall–Kier alpha value is -2.99. The molecule has 3 rings (SSSR count). The highest BCUT2D eigenvalue weighted by molar-refractivity contribution is 6.30. The highest BCUT2D eigenvalue weighted by Gasteiger charge is 2.16. The number of hydrogen-bond donors (Lipinski definition) is 1. The van der Waals surface area contributed by atoms with Crippen LogP contribution in [-0.2, 0) is 4.79 Å². The van der Waals surface area contributed by atoms with E-state index in [2.05, 4.69) is 15.3 Å². The van der Waals surface area contributed by atoms with Crippen LogP contribution in [-0.4, -0.2) is 40.3 Å². The van der Waals surface area contributed by atoms with Gasteiger partial charge in [-0.05, 0) is 50.2 Å². The van der Waals surface area contributed by atoms with Gasteiger partial charge in [-0.25, -0.2) is 9.97 Å². The molecule has 0 aliphatic carbocycles. The van der Waals surface area contributed by atoms with E-state index in [1.807, 2.05) is 13.8 Å². The first kappa shape index (κ1) is 18.8. The van der Waals surface area contributed by atoms with E-state index in [4.69, 9.17) is 11.6 Å². The summed E-state index contributed by atoms with van der Waals surface area (Å²) in [7, 11) is 1.58. The van der Waals surface area contributed by atoms with Crippen molar-refractivity contribution in [1.29, 1.82) is 0 Å². The molecule has 6 nitrogen and oxygen atoms in total. The number of carbonyl (C=O) groups is 2. The molecule has 2 amide bonds. The van der Waals surface area contributed by atoms with Crippen molar-refractivity contribution in [2.45, 2.75) is 13.8 Å². The fourth-order valence-electron chi connectivity index (χ4n) is 2.64. The lowest BCUT2D eigenvalue weighted by Gasteiger charge is -2.17. The molecule has 0 unspecified atom stereocenters. The fourth-order valence-corrected chi connectivity index (χ4v) is 2.83. The number of fused-ring (bicyclic) bond motifs is 1. The molecule has 1 N–H and O–H groups in total. The first-order chi connectivity index (χ1) is 12.8. The molecule has 27 heavy (non-hydrogen) atoms. The lowest BCUT2D eigenvalue weighted by Crippen LogP contribution is -2.34. The minimum Gasteiger partial charge on any atom is -0.332 e. The average Bonchev–Trinajstić information content (AvgIpc) is 2.61. The van der Waals surface area contributed by atoms with Crippen LogP contribution in [0.25, 0.3) is 11.0 Å². The molecular weight excluding hydrogens is 364 g/mol. The van der Waals surface area contributed by atoms with E-state index >= 15 is 0 Å². The molecule has 0 saturated carbocycles. The van der Waals surface area contributed by atoms with Crippen molar-refractivity contribution in [3.05, 3.63) is 64.4 Å². The van der Waals surface area contributed by atoms with Gasteiger partial charge in [0.05, 0.1) is 29.0 Å². The maximum absolute atomic E-state index is 12.7. The quantitative estimate of drug-likeness (QED) is 0.747. The van der Waals surface area contributed by atoms with E-state index in [0.29, 0.717) is 21.8 Å². The Balaban J connectivity index is 1.72. The van der Waals surface area contributed by atoms with Crippen LogP contribution in [0.15, 0.2) is 42.5 Å². The van der Waals surface area contributed by atoms with E-state index in [1.165, 1.54) is 4.90 Å². The number of benzene rings is 2. The van der Waals surface area contributed by atoms with Gasteiger partial charge in [-0.3, -0.25) is 9.59 Å². The molecule has 0 fully saturated rings. The van der Waals surface area contributed by atoms with Crippen LogP contribution in [0.5, 0.6) is 0 Å². The zero-order valence-electron chi connectivity index (χ0n) is 15.3. The minimum atomic E-state index is -0.305. The lowest BCUT2D eigenvalue weighted by atomic mass is 10.1. The number of amides is 2. The normalized spacial score (nSPS) is 10.7. The number of nitrogens with zero attached hydrogens (tertiary/aromatic N) is 3. The van der Waals surface area contributed by atoms with Crippen LogP contribution >= 0.6 is 11.6 Å². The number of nitrogens with one attached hydrogen (secondary N) is 1. The highest BCUT2D eigenvalue weighted by Crippen LogP contribution is 2.17. The van der Waals surface area contributed by atoms with Gasteiger partial charge in [0.25, 0.3) is 5.91 Å². The topological polar surface area (TPSA) is 75.2 Å². The number of hydrogen-bond acceptors (Lipinski definition) is 4. The molecule has 1 aromatic heterocycles. The Morgan fingerprint density at radius 2 is 1.74 bits per heavy atom. The summed E-state index contributed by atoms with van der Waals surface area (Å²) >= 11 is 5.91. The van der Waals surface area contributed by atoms with E-state index < -0.39 is 0 Å². The molecule has 0 radical (unpaired) electrons. The summed E-state index contributed by atoms with van der Waals surface area (Å²) in [5, 5.41) is 3.25. The van der Waals surface area contributed by atoms with Crippen molar-refractivity contribution in [1.82, 2.24) is 14.9 Å². The third kappa shape index (κ3) is 4.41. The maximum atomic E-state index is 12.7. The van der Waals surface area contributed by atoms with Gasteiger partial charge in [0.15, 0.2) is 0 Å². The summed E-state index contributed by atoms with van der Waals surface area (Å²) < 4.78 is 0. The first-order valence-corrected chi connectivity index (χ1v) is 8.77. The monoisotopic (exact) mass is 382 g/mol. The maximum Gasteiger partial charge on any atom is 0.254 e. The van der Waals surface area contributed by atoms with Crippen molar-refractivity contribution in [3.8, 4) is 0 Å². The molecule has 2 aromatic carbocycles. The molecule has 0 aliphatic heterocycles. The Bertz CT molecular complexity index is 1040. The second-order valence-electron chi connectivity index (χ2n) is 6.32. The fraction of sp³-hybridized carbons (Fsp3) is 0.200. The third-order valence-corrected chi connectivity index (χ3v) is 4.39. The second-order valence-corrected chi connectivity index (χ2v) is 6.75. The molecule has 7 heteroatoms. The summed E-state index contributed by atoms with van der Waals surface area (Å²) in [4.78, 5) is 35.1. The van der Waals surface area contributed by atoms with E-state index in [1.54, 1.807) is 49.5 Å². The minimum absolute atomic E-state index is 0.0814. The highest BCUT2D eigenvalue weighted by atomic mass is 35.5. The summed E-state index contributed by atoms with van der Waals surface area (Å²) in [6, 6.07) is 12.0. The van der Waals surface area contributed by atoms with Gasteiger partial charge in [0, 0.05) is 23.3 Å². The average molecular weight is 383 g/mol. The van der Waals surface area contributed by atoms with Crippen molar-refractivity contribution in [3.63, 3.8) is 0 Å². The van der Waals surface area contributed by atoms with Gasteiger partial charge in [0.1, 0.15) is 0 Å². The van der Waals surface area contributed by atoms with Gasteiger partial charge in [-0.15, -0.1) is 0 Å². The molecule has 0 spiro atoms. The standard InChI is InChI=1S/C20H19ClN4O2/c1-12-13(2)23-18-9-14(7-8-17(18)22-12)20(27)25(3)11-19(26)24-16-6-4-5-15(21)10-16/h4-10H,11H2,1-3H3,(H,24,26). The molecule has 0 aliphatic rings. The Morgan fingerprint density at radius 3 is 2.44 bits per heavy atom. The summed E-state index contributed by atoms with van der Waals surface area (Å²) in [5.74, 6) is -0.571. The molecule has 138 valence electrons. The van der Waals surface area contributed by atoms with Crippen LogP contribution in [0.2, 0.25) is 5.02 Å². The zero-order valence-corrected chi connectivity index (χ0v) is 16.0. The summed E-state index contributed by atoms with van der Waals surface area (Å²) in [5.41, 5.74) is 4.10. The third-order valence-electron chi connectivity index (χ3n) is 4.16. The number of halogens is 1. The van der Waals surface area contributed by atoms with Gasteiger partial charge in [-0.2, -0.15) is 0 Å². The van der Waals surface area contributed by atoms with Gasteiger partial charge in [0.2, 0.25) is 5.91 Å². The molecule has 1 heterocycles. The van der Waals surface area contributed by atoms with Crippen molar-refractivity contribution in [2.75, 3.05) is 18.9 Å². The predicted molar refractivity (Wildman–Crippen MR) is 106 cm³/mol. The Morgan fingerprint density at radius 1 is 1.04 bits per heavy atom. The Kier molecular flexibility index (Phi) is 5.37. The van der Waals surface area contributed by atoms with Crippen LogP contribution in [0.4, 0.5) is 5.69 Å².